The minimum Gasteiger partial charge on any atom is -0.503 e. The summed E-state index contributed by atoms with van der Waals surface area (Å²) in [5, 5.41) is 0. The molecule has 0 N–H and O–H groups in total. The summed E-state index contributed by atoms with van der Waals surface area (Å²) in [6.45, 7) is 8.46. The zero-order valence-corrected chi connectivity index (χ0v) is 30.6. The molecular weight excluding hydrogens is 792 g/mol. The van der Waals surface area contributed by atoms with E-state index in [-0.39, 0.29) is 26.8 Å². The predicted molar refractivity (Wildman–Crippen MR) is 199 cm³/mol. The van der Waals surface area contributed by atoms with Crippen molar-refractivity contribution in [1.82, 2.24) is 9.97 Å². The second-order valence-corrected chi connectivity index (χ2v) is 12.7. The summed E-state index contributed by atoms with van der Waals surface area (Å²) in [5.41, 5.74) is 14.3. The maximum atomic E-state index is 6.59. The van der Waals surface area contributed by atoms with Gasteiger partial charge in [-0.2, -0.15) is 0 Å². The first-order valence-electron chi connectivity index (χ1n) is 16.5. The number of benzene rings is 5. The summed E-state index contributed by atoms with van der Waals surface area (Å²) in [6, 6.07) is 45.8. The molecular formula is C44H33BIrN2O2-2. The fraction of sp³-hybridized carbons (Fsp3) is 0.0909. The molecule has 2 aliphatic rings. The summed E-state index contributed by atoms with van der Waals surface area (Å²) in [4.78, 5) is 9.15. The number of hydrogen-bond acceptors (Lipinski definition) is 4. The van der Waals surface area contributed by atoms with Crippen LogP contribution < -0.4 is 25.9 Å². The Bertz CT molecular complexity index is 2330. The Morgan fingerprint density at radius 2 is 1.28 bits per heavy atom. The van der Waals surface area contributed by atoms with Crippen molar-refractivity contribution in [1.29, 1.82) is 0 Å². The molecule has 2 aliphatic heterocycles. The number of aromatic nitrogens is 2. The van der Waals surface area contributed by atoms with E-state index in [4.69, 9.17) is 14.5 Å². The predicted octanol–water partition coefficient (Wildman–Crippen LogP) is 8.72. The molecule has 9 rings (SSSR count). The Labute approximate surface area is 307 Å². The van der Waals surface area contributed by atoms with Gasteiger partial charge in [0.1, 0.15) is 11.5 Å². The van der Waals surface area contributed by atoms with Gasteiger partial charge < -0.3 is 19.4 Å². The zero-order chi connectivity index (χ0) is 33.5. The summed E-state index contributed by atoms with van der Waals surface area (Å²) >= 11 is 0. The van der Waals surface area contributed by atoms with Crippen molar-refractivity contribution in [2.75, 3.05) is 0 Å². The number of pyridine rings is 2. The van der Waals surface area contributed by atoms with Gasteiger partial charge in [-0.1, -0.05) is 89.4 Å². The fourth-order valence-electron chi connectivity index (χ4n) is 6.76. The minimum atomic E-state index is 0. The Morgan fingerprint density at radius 1 is 0.580 bits per heavy atom. The van der Waals surface area contributed by atoms with Crippen LogP contribution in [0.25, 0.3) is 33.6 Å². The number of aryl methyl sites for hydroxylation is 4. The molecule has 0 saturated heterocycles. The van der Waals surface area contributed by atoms with Gasteiger partial charge in [-0.05, 0) is 90.0 Å². The number of fused-ring (bicyclic) bond motifs is 4. The van der Waals surface area contributed by atoms with Gasteiger partial charge in [0, 0.05) is 44.0 Å². The Morgan fingerprint density at radius 3 is 1.98 bits per heavy atom. The van der Waals surface area contributed by atoms with E-state index >= 15 is 0 Å². The molecule has 0 bridgehead atoms. The molecule has 2 aromatic heterocycles. The van der Waals surface area contributed by atoms with Gasteiger partial charge in [0.2, 0.25) is 6.71 Å². The fourth-order valence-corrected chi connectivity index (χ4v) is 6.76. The molecule has 7 aromatic rings. The number of hydrogen-bond donors (Lipinski definition) is 0. The third-order valence-electron chi connectivity index (χ3n) is 9.19. The molecule has 0 spiro atoms. The molecule has 50 heavy (non-hydrogen) atoms. The summed E-state index contributed by atoms with van der Waals surface area (Å²) in [6.07, 6.45) is 3.82. The first-order valence-corrected chi connectivity index (χ1v) is 16.5. The molecule has 1 radical (unpaired) electrons. The molecule has 0 fully saturated rings. The number of nitrogens with zero attached hydrogens (tertiary/aromatic N) is 2. The molecule has 0 amide bonds. The average molecular weight is 825 g/mol. The first kappa shape index (κ1) is 33.2. The van der Waals surface area contributed by atoms with E-state index in [2.05, 4.69) is 92.5 Å². The van der Waals surface area contributed by atoms with Crippen LogP contribution in [0.4, 0.5) is 0 Å². The molecule has 245 valence electrons. The van der Waals surface area contributed by atoms with Gasteiger partial charge in [0.25, 0.3) is 0 Å². The van der Waals surface area contributed by atoms with Crippen LogP contribution in [0, 0.1) is 39.8 Å². The van der Waals surface area contributed by atoms with Crippen LogP contribution in [0.15, 0.2) is 128 Å². The van der Waals surface area contributed by atoms with E-state index in [1.807, 2.05) is 80.0 Å². The van der Waals surface area contributed by atoms with Gasteiger partial charge in [0.15, 0.2) is 0 Å². The molecule has 0 aliphatic carbocycles. The van der Waals surface area contributed by atoms with Crippen molar-refractivity contribution >= 4 is 23.1 Å². The Balaban J connectivity index is 0.000000236. The smallest absolute Gasteiger partial charge is 0.239 e. The van der Waals surface area contributed by atoms with Gasteiger partial charge in [-0.3, -0.25) is 0 Å². The summed E-state index contributed by atoms with van der Waals surface area (Å²) < 4.78 is 12.9. The van der Waals surface area contributed by atoms with Crippen molar-refractivity contribution in [3.8, 4) is 56.6 Å². The van der Waals surface area contributed by atoms with Crippen LogP contribution in [0.3, 0.4) is 0 Å². The largest absolute Gasteiger partial charge is 0.503 e. The number of rotatable bonds is 3. The maximum Gasteiger partial charge on any atom is 0.239 e. The third-order valence-corrected chi connectivity index (χ3v) is 9.19. The molecule has 0 unspecified atom stereocenters. The van der Waals surface area contributed by atoms with E-state index in [0.29, 0.717) is 0 Å². The van der Waals surface area contributed by atoms with E-state index in [0.717, 1.165) is 67.5 Å². The van der Waals surface area contributed by atoms with Crippen LogP contribution in [-0.2, 0) is 20.1 Å². The topological polar surface area (TPSA) is 44.2 Å². The standard InChI is InChI=1S/C32H23BNO2.C12H10N.Ir/c1-19-12-13-22(20(2)16-19)24-17-27(34-18-21(24)3)23-14-15-30-31-32(23)36-29-11-7-5-9-26(29)33(31)25-8-4-6-10-28(25)35-30;1-10-7-8-12(13-9-10)11-5-3-2-4-6-11;/h4-13,15-18H,1-3H3;2-5,7-9H,1H3;/q2*-1;. The summed E-state index contributed by atoms with van der Waals surface area (Å²) in [7, 11) is 0. The SMILES string of the molecule is Cc1ccc(-c2[c-]cccc2)nc1.Cc1ccc(-c2cc(-c3[c-]cc4c5c3Oc3ccccc3B5c3ccccc3O4)ncc2C)c(C)c1.[Ir]. The van der Waals surface area contributed by atoms with E-state index in [9.17, 15) is 0 Å². The van der Waals surface area contributed by atoms with Crippen molar-refractivity contribution < 1.29 is 29.6 Å². The number of para-hydroxylation sites is 2. The van der Waals surface area contributed by atoms with Crippen molar-refractivity contribution in [2.24, 2.45) is 0 Å². The quantitative estimate of drug-likeness (QED) is 0.132. The van der Waals surface area contributed by atoms with Crippen molar-refractivity contribution in [2.45, 2.75) is 27.7 Å². The van der Waals surface area contributed by atoms with Crippen LogP contribution in [0.1, 0.15) is 22.3 Å². The van der Waals surface area contributed by atoms with Crippen molar-refractivity contribution in [3.05, 3.63) is 162 Å². The Hall–Kier alpha value is -5.29. The van der Waals surface area contributed by atoms with Crippen LogP contribution in [0.2, 0.25) is 0 Å². The van der Waals surface area contributed by atoms with Crippen molar-refractivity contribution in [3.63, 3.8) is 0 Å². The van der Waals surface area contributed by atoms with Gasteiger partial charge in [-0.15, -0.1) is 48.0 Å². The Kier molecular flexibility index (Phi) is 9.24. The van der Waals surface area contributed by atoms with E-state index in [1.165, 1.54) is 27.8 Å². The second kappa shape index (κ2) is 13.9. The maximum absolute atomic E-state index is 6.59. The van der Waals surface area contributed by atoms with E-state index < -0.39 is 0 Å². The molecule has 0 atom stereocenters. The van der Waals surface area contributed by atoms with Crippen LogP contribution in [-0.4, -0.2) is 16.7 Å². The van der Waals surface area contributed by atoms with E-state index in [1.54, 1.807) is 0 Å². The minimum absolute atomic E-state index is 0. The third kappa shape index (κ3) is 6.17. The second-order valence-electron chi connectivity index (χ2n) is 12.7. The first-order chi connectivity index (χ1) is 23.9. The van der Waals surface area contributed by atoms with Crippen LogP contribution >= 0.6 is 0 Å². The molecule has 5 aromatic carbocycles. The zero-order valence-electron chi connectivity index (χ0n) is 28.2. The molecule has 0 saturated carbocycles. The summed E-state index contributed by atoms with van der Waals surface area (Å²) in [5.74, 6) is 3.30. The van der Waals surface area contributed by atoms with Gasteiger partial charge >= 0.3 is 0 Å². The van der Waals surface area contributed by atoms with Gasteiger partial charge in [0.05, 0.1) is 0 Å². The average Bonchev–Trinajstić information content (AvgIpc) is 3.13. The van der Waals surface area contributed by atoms with Crippen LogP contribution in [0.5, 0.6) is 23.0 Å². The number of ether oxygens (including phenoxy) is 2. The molecule has 4 heterocycles. The van der Waals surface area contributed by atoms with Gasteiger partial charge in [-0.25, -0.2) is 0 Å². The molecule has 4 nitrogen and oxygen atoms in total. The molecule has 6 heteroatoms. The monoisotopic (exact) mass is 825 g/mol. The normalized spacial score (nSPS) is 11.7.